The first-order valence-electron chi connectivity index (χ1n) is 5.94. The van der Waals surface area contributed by atoms with Crippen LogP contribution in [0.5, 0.6) is 0 Å². The van der Waals surface area contributed by atoms with E-state index < -0.39 is 0 Å². The molecule has 0 aliphatic carbocycles. The Morgan fingerprint density at radius 3 is 2.67 bits per heavy atom. The van der Waals surface area contributed by atoms with Crippen molar-refractivity contribution in [1.82, 2.24) is 0 Å². The van der Waals surface area contributed by atoms with Crippen molar-refractivity contribution in [2.24, 2.45) is 5.14 Å². The molecule has 0 bridgehead atoms. The number of nitrogens with two attached hydrogens (primary N) is 1. The Labute approximate surface area is 111 Å². The average molecular weight is 260 g/mol. The highest BCUT2D eigenvalue weighted by atomic mass is 32.2. The normalized spacial score (nSPS) is 10.6. The van der Waals surface area contributed by atoms with Crippen molar-refractivity contribution in [2.45, 2.75) is 24.7 Å². The molecule has 0 saturated heterocycles. The molecule has 0 spiro atoms. The Kier molecular flexibility index (Phi) is 4.23. The minimum atomic E-state index is 0.0517. The molecule has 2 aromatic carbocycles. The number of fused-ring (bicyclic) bond motifs is 1. The lowest BCUT2D eigenvalue weighted by atomic mass is 10.1. The van der Waals surface area contributed by atoms with E-state index in [2.05, 4.69) is 5.32 Å². The zero-order valence-electron chi connectivity index (χ0n) is 10.3. The van der Waals surface area contributed by atoms with Gasteiger partial charge in [-0.15, -0.1) is 0 Å². The molecule has 1 amide bonds. The fourth-order valence-corrected chi connectivity index (χ4v) is 2.39. The maximum atomic E-state index is 11.7. The van der Waals surface area contributed by atoms with Crippen LogP contribution in [-0.4, -0.2) is 5.91 Å². The van der Waals surface area contributed by atoms with Crippen LogP contribution in [0.1, 0.15) is 19.8 Å². The molecule has 3 N–H and O–H groups in total. The lowest BCUT2D eigenvalue weighted by Gasteiger charge is -2.10. The smallest absolute Gasteiger partial charge is 0.224 e. The van der Waals surface area contributed by atoms with Gasteiger partial charge in [0.15, 0.2) is 0 Å². The van der Waals surface area contributed by atoms with Crippen molar-refractivity contribution in [1.29, 1.82) is 0 Å². The summed E-state index contributed by atoms with van der Waals surface area (Å²) in [6.07, 6.45) is 1.39. The number of nitrogens with one attached hydrogen (secondary N) is 1. The van der Waals surface area contributed by atoms with Gasteiger partial charge in [0.2, 0.25) is 5.91 Å². The van der Waals surface area contributed by atoms with Crippen LogP contribution in [0.4, 0.5) is 5.69 Å². The van der Waals surface area contributed by atoms with E-state index in [0.29, 0.717) is 6.42 Å². The lowest BCUT2D eigenvalue weighted by molar-refractivity contribution is -0.116. The van der Waals surface area contributed by atoms with Crippen LogP contribution in [0.15, 0.2) is 41.3 Å². The summed E-state index contributed by atoms with van der Waals surface area (Å²) in [6, 6.07) is 11.8. The van der Waals surface area contributed by atoms with Crippen molar-refractivity contribution < 1.29 is 4.79 Å². The third-order valence-electron chi connectivity index (χ3n) is 2.76. The molecule has 0 saturated carbocycles. The van der Waals surface area contributed by atoms with Crippen molar-refractivity contribution in [2.75, 3.05) is 5.32 Å². The highest BCUT2D eigenvalue weighted by molar-refractivity contribution is 7.97. The maximum absolute atomic E-state index is 11.7. The van der Waals surface area contributed by atoms with Gasteiger partial charge in [0.1, 0.15) is 0 Å². The molecule has 0 aliphatic heterocycles. The van der Waals surface area contributed by atoms with Crippen LogP contribution in [0.3, 0.4) is 0 Å². The molecule has 18 heavy (non-hydrogen) atoms. The SMILES string of the molecule is CCCC(=O)Nc1cccc2c(SN)cccc12. The molecule has 0 radical (unpaired) electrons. The van der Waals surface area contributed by atoms with E-state index >= 15 is 0 Å². The number of benzene rings is 2. The van der Waals surface area contributed by atoms with Crippen LogP contribution >= 0.6 is 11.9 Å². The topological polar surface area (TPSA) is 55.1 Å². The third kappa shape index (κ3) is 2.66. The molecule has 0 heterocycles. The predicted octanol–water partition coefficient (Wildman–Crippen LogP) is 3.54. The van der Waals surface area contributed by atoms with Crippen molar-refractivity contribution >= 4 is 34.3 Å². The van der Waals surface area contributed by atoms with Crippen LogP contribution in [0, 0.1) is 0 Å². The maximum Gasteiger partial charge on any atom is 0.224 e. The molecule has 94 valence electrons. The van der Waals surface area contributed by atoms with E-state index in [9.17, 15) is 4.79 Å². The Morgan fingerprint density at radius 1 is 1.22 bits per heavy atom. The van der Waals surface area contributed by atoms with Gasteiger partial charge < -0.3 is 5.32 Å². The van der Waals surface area contributed by atoms with Crippen molar-refractivity contribution in [3.63, 3.8) is 0 Å². The number of amides is 1. The van der Waals surface area contributed by atoms with Gasteiger partial charge in [-0.05, 0) is 35.9 Å². The van der Waals surface area contributed by atoms with E-state index in [4.69, 9.17) is 5.14 Å². The van der Waals surface area contributed by atoms with E-state index in [1.165, 1.54) is 11.9 Å². The zero-order chi connectivity index (χ0) is 13.0. The molecule has 0 unspecified atom stereocenters. The molecule has 3 nitrogen and oxygen atoms in total. The van der Waals surface area contributed by atoms with Crippen molar-refractivity contribution in [3.05, 3.63) is 36.4 Å². The Bertz CT molecular complexity index is 569. The molecule has 0 aromatic heterocycles. The summed E-state index contributed by atoms with van der Waals surface area (Å²) >= 11 is 1.22. The number of hydrogen-bond acceptors (Lipinski definition) is 3. The molecule has 4 heteroatoms. The van der Waals surface area contributed by atoms with Crippen LogP contribution in [0.25, 0.3) is 10.8 Å². The monoisotopic (exact) mass is 260 g/mol. The summed E-state index contributed by atoms with van der Waals surface area (Å²) in [4.78, 5) is 12.7. The number of carbonyl (C=O) groups is 1. The van der Waals surface area contributed by atoms with Gasteiger partial charge in [-0.2, -0.15) is 0 Å². The van der Waals surface area contributed by atoms with Crippen molar-refractivity contribution in [3.8, 4) is 0 Å². The molecule has 2 aromatic rings. The first-order chi connectivity index (χ1) is 8.76. The number of carbonyl (C=O) groups excluding carboxylic acids is 1. The van der Waals surface area contributed by atoms with E-state index in [-0.39, 0.29) is 5.91 Å². The van der Waals surface area contributed by atoms with Gasteiger partial charge in [-0.1, -0.05) is 31.2 Å². The summed E-state index contributed by atoms with van der Waals surface area (Å²) in [5, 5.41) is 10.7. The second-order valence-electron chi connectivity index (χ2n) is 4.07. The largest absolute Gasteiger partial charge is 0.326 e. The van der Waals surface area contributed by atoms with Gasteiger partial charge in [-0.25, -0.2) is 0 Å². The zero-order valence-corrected chi connectivity index (χ0v) is 11.1. The van der Waals surface area contributed by atoms with E-state index in [1.54, 1.807) is 0 Å². The quantitative estimate of drug-likeness (QED) is 0.827. The Morgan fingerprint density at radius 2 is 1.94 bits per heavy atom. The summed E-state index contributed by atoms with van der Waals surface area (Å²) in [5.74, 6) is 0.0517. The fraction of sp³-hybridized carbons (Fsp3) is 0.214. The molecule has 0 fully saturated rings. The number of rotatable bonds is 4. The minimum absolute atomic E-state index is 0.0517. The Balaban J connectivity index is 2.42. The average Bonchev–Trinajstić information content (AvgIpc) is 2.38. The van der Waals surface area contributed by atoms with Gasteiger partial charge in [0.05, 0.1) is 0 Å². The molecule has 2 rings (SSSR count). The first-order valence-corrected chi connectivity index (χ1v) is 6.82. The van der Waals surface area contributed by atoms with Gasteiger partial charge in [-0.3, -0.25) is 9.93 Å². The standard InChI is InChI=1S/C14H16N2OS/c1-2-5-14(17)16-12-8-3-7-11-10(12)6-4-9-13(11)18-15/h3-4,6-9H,2,5,15H2,1H3,(H,16,17). The predicted molar refractivity (Wildman–Crippen MR) is 77.5 cm³/mol. The van der Waals surface area contributed by atoms with Crippen LogP contribution < -0.4 is 10.5 Å². The van der Waals surface area contributed by atoms with E-state index in [0.717, 1.165) is 27.8 Å². The summed E-state index contributed by atoms with van der Waals surface area (Å²) in [6.45, 7) is 1.99. The van der Waals surface area contributed by atoms with Gasteiger partial charge in [0, 0.05) is 22.4 Å². The lowest BCUT2D eigenvalue weighted by Crippen LogP contribution is -2.10. The highest BCUT2D eigenvalue weighted by Gasteiger charge is 2.06. The highest BCUT2D eigenvalue weighted by Crippen LogP contribution is 2.29. The molecule has 0 atom stereocenters. The number of hydrogen-bond donors (Lipinski definition) is 2. The van der Waals surface area contributed by atoms with Gasteiger partial charge in [0.25, 0.3) is 0 Å². The fourth-order valence-electron chi connectivity index (χ4n) is 1.93. The Hall–Kier alpha value is -1.52. The second kappa shape index (κ2) is 5.89. The molecular formula is C14H16N2OS. The van der Waals surface area contributed by atoms with Crippen LogP contribution in [0.2, 0.25) is 0 Å². The molecular weight excluding hydrogens is 244 g/mol. The minimum Gasteiger partial charge on any atom is -0.326 e. The summed E-state index contributed by atoms with van der Waals surface area (Å²) in [5.41, 5.74) is 0.849. The summed E-state index contributed by atoms with van der Waals surface area (Å²) in [7, 11) is 0. The van der Waals surface area contributed by atoms with E-state index in [1.807, 2.05) is 43.3 Å². The summed E-state index contributed by atoms with van der Waals surface area (Å²) < 4.78 is 0. The number of anilines is 1. The third-order valence-corrected chi connectivity index (χ3v) is 3.37. The van der Waals surface area contributed by atoms with Gasteiger partial charge >= 0.3 is 0 Å². The first kappa shape index (κ1) is 12.9. The molecule has 0 aliphatic rings. The second-order valence-corrected chi connectivity index (χ2v) is 4.75. The van der Waals surface area contributed by atoms with Crippen LogP contribution in [-0.2, 0) is 4.79 Å².